The molecular weight excluding hydrogens is 525 g/mol. The summed E-state index contributed by atoms with van der Waals surface area (Å²) in [6, 6.07) is 20.9. The number of ether oxygens (including phenoxy) is 2. The lowest BCUT2D eigenvalue weighted by molar-refractivity contribution is 0.0906. The summed E-state index contributed by atoms with van der Waals surface area (Å²) in [5, 5.41) is 3.46. The number of rotatable bonds is 13. The van der Waals surface area contributed by atoms with E-state index in [-0.39, 0.29) is 24.0 Å². The number of hydrogen-bond donors (Lipinski definition) is 1. The van der Waals surface area contributed by atoms with Crippen LogP contribution in [0.2, 0.25) is 0 Å². The van der Waals surface area contributed by atoms with Gasteiger partial charge in [0.1, 0.15) is 0 Å². The molecule has 0 amide bonds. The van der Waals surface area contributed by atoms with Crippen molar-refractivity contribution in [2.45, 2.75) is 39.2 Å². The topological polar surface area (TPSA) is 46.1 Å². The molecule has 5 nitrogen and oxygen atoms in total. The van der Waals surface area contributed by atoms with Crippen molar-refractivity contribution in [2.24, 2.45) is 10.9 Å². The van der Waals surface area contributed by atoms with Gasteiger partial charge in [-0.1, -0.05) is 60.7 Å². The third-order valence-electron chi connectivity index (χ3n) is 5.72. The molecule has 0 spiro atoms. The van der Waals surface area contributed by atoms with Crippen molar-refractivity contribution in [1.82, 2.24) is 10.2 Å². The van der Waals surface area contributed by atoms with Crippen molar-refractivity contribution >= 4 is 29.9 Å². The predicted octanol–water partition coefficient (Wildman–Crippen LogP) is 5.15. The van der Waals surface area contributed by atoms with Gasteiger partial charge < -0.3 is 19.7 Å². The molecule has 1 aliphatic rings. The number of likely N-dealkylation sites (tertiary alicyclic amines) is 1. The minimum absolute atomic E-state index is 0. The quantitative estimate of drug-likeness (QED) is 0.158. The SMILES string of the molecule is CCNC(=NCCCCOCCc1ccccc1)N1CCC(COCc2ccccc2)C1.I. The molecular formula is C27H40IN3O2. The first kappa shape index (κ1) is 27.6. The van der Waals surface area contributed by atoms with E-state index in [0.717, 1.165) is 77.6 Å². The molecule has 3 rings (SSSR count). The number of guanidine groups is 1. The highest BCUT2D eigenvalue weighted by Crippen LogP contribution is 2.17. The smallest absolute Gasteiger partial charge is 0.193 e. The first-order valence-corrected chi connectivity index (χ1v) is 12.1. The Bertz CT molecular complexity index is 773. The van der Waals surface area contributed by atoms with Gasteiger partial charge in [-0.15, -0.1) is 24.0 Å². The fraction of sp³-hybridized carbons (Fsp3) is 0.519. The Kier molecular flexibility index (Phi) is 14.1. The van der Waals surface area contributed by atoms with Crippen molar-refractivity contribution in [3.05, 3.63) is 71.8 Å². The van der Waals surface area contributed by atoms with E-state index < -0.39 is 0 Å². The molecule has 1 unspecified atom stereocenters. The lowest BCUT2D eigenvalue weighted by atomic mass is 10.1. The van der Waals surface area contributed by atoms with Crippen LogP contribution in [0.5, 0.6) is 0 Å². The molecule has 1 atom stereocenters. The van der Waals surface area contributed by atoms with Gasteiger partial charge in [-0.05, 0) is 43.7 Å². The monoisotopic (exact) mass is 565 g/mol. The van der Waals surface area contributed by atoms with Gasteiger partial charge >= 0.3 is 0 Å². The average Bonchev–Trinajstić information content (AvgIpc) is 3.30. The van der Waals surface area contributed by atoms with Crippen LogP contribution in [0.4, 0.5) is 0 Å². The molecule has 182 valence electrons. The predicted molar refractivity (Wildman–Crippen MR) is 147 cm³/mol. The van der Waals surface area contributed by atoms with E-state index in [9.17, 15) is 0 Å². The van der Waals surface area contributed by atoms with Gasteiger partial charge in [0.15, 0.2) is 5.96 Å². The van der Waals surface area contributed by atoms with E-state index in [1.54, 1.807) is 0 Å². The first-order chi connectivity index (χ1) is 15.8. The molecule has 6 heteroatoms. The van der Waals surface area contributed by atoms with Crippen LogP contribution in [0.3, 0.4) is 0 Å². The van der Waals surface area contributed by atoms with Gasteiger partial charge in [-0.25, -0.2) is 0 Å². The molecule has 1 fully saturated rings. The number of nitrogens with zero attached hydrogens (tertiary/aromatic N) is 2. The third kappa shape index (κ3) is 10.9. The van der Waals surface area contributed by atoms with Gasteiger partial charge in [-0.3, -0.25) is 4.99 Å². The second kappa shape index (κ2) is 16.9. The summed E-state index contributed by atoms with van der Waals surface area (Å²) in [5.74, 6) is 1.61. The van der Waals surface area contributed by atoms with Crippen LogP contribution in [0, 0.1) is 5.92 Å². The molecule has 33 heavy (non-hydrogen) atoms. The summed E-state index contributed by atoms with van der Waals surface area (Å²) in [7, 11) is 0. The second-order valence-corrected chi connectivity index (χ2v) is 8.39. The van der Waals surface area contributed by atoms with Gasteiger partial charge in [-0.2, -0.15) is 0 Å². The van der Waals surface area contributed by atoms with E-state index in [1.807, 2.05) is 6.07 Å². The largest absolute Gasteiger partial charge is 0.381 e. The zero-order valence-electron chi connectivity index (χ0n) is 20.0. The molecule has 1 heterocycles. The minimum Gasteiger partial charge on any atom is -0.381 e. The number of aliphatic imine (C=N–C) groups is 1. The summed E-state index contributed by atoms with van der Waals surface area (Å²) >= 11 is 0. The molecule has 1 saturated heterocycles. The fourth-order valence-electron chi connectivity index (χ4n) is 3.94. The summed E-state index contributed by atoms with van der Waals surface area (Å²) in [6.07, 6.45) is 4.24. The minimum atomic E-state index is 0. The standard InChI is InChI=1S/C27H39N3O2.HI/c1-2-28-27(29-17-9-10-19-31-20-16-24-11-5-3-6-12-24)30-18-15-26(21-30)23-32-22-25-13-7-4-8-14-25;/h3-8,11-14,26H,2,9-10,15-23H2,1H3,(H,28,29);1H. The molecule has 2 aromatic rings. The lowest BCUT2D eigenvalue weighted by Crippen LogP contribution is -2.40. The Hall–Kier alpha value is -1.64. The van der Waals surface area contributed by atoms with E-state index in [1.165, 1.54) is 11.1 Å². The van der Waals surface area contributed by atoms with Gasteiger partial charge in [0.05, 0.1) is 19.8 Å². The van der Waals surface area contributed by atoms with Crippen LogP contribution in [-0.2, 0) is 22.5 Å². The Labute approximate surface area is 217 Å². The van der Waals surface area contributed by atoms with Crippen LogP contribution < -0.4 is 5.32 Å². The van der Waals surface area contributed by atoms with E-state index >= 15 is 0 Å². The van der Waals surface area contributed by atoms with Crippen LogP contribution in [0.25, 0.3) is 0 Å². The number of benzene rings is 2. The van der Waals surface area contributed by atoms with Crippen LogP contribution in [0.1, 0.15) is 37.3 Å². The molecule has 1 N–H and O–H groups in total. The summed E-state index contributed by atoms with van der Waals surface area (Å²) in [5.41, 5.74) is 2.57. The molecule has 0 radical (unpaired) electrons. The van der Waals surface area contributed by atoms with E-state index in [4.69, 9.17) is 14.5 Å². The van der Waals surface area contributed by atoms with Crippen molar-refractivity contribution in [3.8, 4) is 0 Å². The maximum absolute atomic E-state index is 5.96. The Balaban J connectivity index is 0.00000385. The summed E-state index contributed by atoms with van der Waals surface area (Å²) in [6.45, 7) is 9.04. The van der Waals surface area contributed by atoms with Crippen molar-refractivity contribution in [2.75, 3.05) is 46.0 Å². The highest BCUT2D eigenvalue weighted by Gasteiger charge is 2.24. The third-order valence-corrected chi connectivity index (χ3v) is 5.72. The first-order valence-electron chi connectivity index (χ1n) is 12.1. The van der Waals surface area contributed by atoms with E-state index in [2.05, 4.69) is 71.7 Å². The highest BCUT2D eigenvalue weighted by atomic mass is 127. The summed E-state index contributed by atoms with van der Waals surface area (Å²) < 4.78 is 11.8. The Morgan fingerprint density at radius 3 is 2.42 bits per heavy atom. The zero-order valence-corrected chi connectivity index (χ0v) is 22.3. The number of nitrogens with one attached hydrogen (secondary N) is 1. The van der Waals surface area contributed by atoms with Crippen molar-refractivity contribution < 1.29 is 9.47 Å². The molecule has 0 saturated carbocycles. The van der Waals surface area contributed by atoms with Gasteiger partial charge in [0.25, 0.3) is 0 Å². The number of unbranched alkanes of at least 4 members (excludes halogenated alkanes) is 1. The second-order valence-electron chi connectivity index (χ2n) is 8.39. The molecule has 1 aliphatic heterocycles. The maximum Gasteiger partial charge on any atom is 0.193 e. The van der Waals surface area contributed by atoms with Crippen molar-refractivity contribution in [1.29, 1.82) is 0 Å². The molecule has 0 aliphatic carbocycles. The highest BCUT2D eigenvalue weighted by molar-refractivity contribution is 14.0. The molecule has 0 bridgehead atoms. The average molecular weight is 566 g/mol. The number of hydrogen-bond acceptors (Lipinski definition) is 3. The van der Waals surface area contributed by atoms with Crippen LogP contribution >= 0.6 is 24.0 Å². The van der Waals surface area contributed by atoms with Crippen molar-refractivity contribution in [3.63, 3.8) is 0 Å². The molecule has 0 aromatic heterocycles. The number of halogens is 1. The Morgan fingerprint density at radius 1 is 0.970 bits per heavy atom. The Morgan fingerprint density at radius 2 is 1.70 bits per heavy atom. The fourth-order valence-corrected chi connectivity index (χ4v) is 3.94. The van der Waals surface area contributed by atoms with Crippen LogP contribution in [-0.4, -0.2) is 56.9 Å². The van der Waals surface area contributed by atoms with E-state index in [0.29, 0.717) is 12.5 Å². The molecule has 2 aromatic carbocycles. The van der Waals surface area contributed by atoms with Gasteiger partial charge in [0, 0.05) is 38.7 Å². The van der Waals surface area contributed by atoms with Gasteiger partial charge in [0.2, 0.25) is 0 Å². The summed E-state index contributed by atoms with van der Waals surface area (Å²) in [4.78, 5) is 7.24. The maximum atomic E-state index is 5.96. The normalized spacial score (nSPS) is 16.0. The van der Waals surface area contributed by atoms with Crippen LogP contribution in [0.15, 0.2) is 65.7 Å². The zero-order chi connectivity index (χ0) is 22.3. The lowest BCUT2D eigenvalue weighted by Gasteiger charge is -2.21.